The van der Waals surface area contributed by atoms with Crippen LogP contribution < -0.4 is 10.2 Å². The smallest absolute Gasteiger partial charge is 0.264 e. The van der Waals surface area contributed by atoms with Gasteiger partial charge in [0.1, 0.15) is 5.82 Å². The molecule has 150 valence electrons. The Labute approximate surface area is 170 Å². The van der Waals surface area contributed by atoms with E-state index in [-0.39, 0.29) is 11.8 Å². The van der Waals surface area contributed by atoms with Crippen LogP contribution in [-0.4, -0.2) is 54.4 Å². The first-order chi connectivity index (χ1) is 13.5. The maximum absolute atomic E-state index is 12.6. The fourth-order valence-corrected chi connectivity index (χ4v) is 4.05. The number of carbonyl (C=O) groups is 2. The first kappa shape index (κ1) is 20.3. The van der Waals surface area contributed by atoms with Gasteiger partial charge in [-0.25, -0.2) is 4.98 Å². The number of hydrogen-bond acceptors (Lipinski definition) is 5. The van der Waals surface area contributed by atoms with E-state index in [4.69, 9.17) is 0 Å². The molecule has 3 heterocycles. The lowest BCUT2D eigenvalue weighted by Gasteiger charge is -2.35. The summed E-state index contributed by atoms with van der Waals surface area (Å²) in [6.07, 6.45) is 2.60. The third-order valence-electron chi connectivity index (χ3n) is 4.96. The normalized spacial score (nSPS) is 14.4. The average molecular weight is 401 g/mol. The number of pyridine rings is 1. The highest BCUT2D eigenvalue weighted by Gasteiger charge is 2.24. The summed E-state index contributed by atoms with van der Waals surface area (Å²) in [5.74, 6) is 1.45. The molecule has 0 atom stereocenters. The Morgan fingerprint density at radius 2 is 1.93 bits per heavy atom. The lowest BCUT2D eigenvalue weighted by molar-refractivity contribution is 0.0750. The largest absolute Gasteiger partial charge is 0.353 e. The molecule has 0 bridgehead atoms. The molecule has 1 N–H and O–H groups in total. The molecule has 1 fully saturated rings. The zero-order valence-electron chi connectivity index (χ0n) is 16.8. The van der Waals surface area contributed by atoms with Crippen molar-refractivity contribution < 1.29 is 9.59 Å². The summed E-state index contributed by atoms with van der Waals surface area (Å²) in [5, 5.41) is 4.89. The molecule has 1 aliphatic heterocycles. The predicted molar refractivity (Wildman–Crippen MR) is 113 cm³/mol. The van der Waals surface area contributed by atoms with E-state index < -0.39 is 0 Å². The number of amides is 2. The molecule has 0 spiro atoms. The van der Waals surface area contributed by atoms with Crippen molar-refractivity contribution in [2.45, 2.75) is 27.2 Å². The molecule has 0 aromatic carbocycles. The predicted octanol–water partition coefficient (Wildman–Crippen LogP) is 3.19. The number of hydrogen-bond donors (Lipinski definition) is 1. The Morgan fingerprint density at radius 3 is 2.50 bits per heavy atom. The first-order valence-electron chi connectivity index (χ1n) is 9.78. The number of anilines is 1. The van der Waals surface area contributed by atoms with Gasteiger partial charge in [-0.15, -0.1) is 11.3 Å². The quantitative estimate of drug-likeness (QED) is 0.809. The number of piperazine rings is 1. The van der Waals surface area contributed by atoms with Crippen LogP contribution in [0.25, 0.3) is 0 Å². The summed E-state index contributed by atoms with van der Waals surface area (Å²) in [6.45, 7) is 9.76. The fraction of sp³-hybridized carbons (Fsp3) is 0.476. The van der Waals surface area contributed by atoms with Crippen LogP contribution in [0.3, 0.4) is 0 Å². The number of carbonyl (C=O) groups excluding carboxylic acids is 2. The maximum atomic E-state index is 12.6. The van der Waals surface area contributed by atoms with Gasteiger partial charge in [0.25, 0.3) is 11.8 Å². The van der Waals surface area contributed by atoms with Gasteiger partial charge >= 0.3 is 0 Å². The van der Waals surface area contributed by atoms with Gasteiger partial charge in [-0.3, -0.25) is 9.59 Å². The lowest BCUT2D eigenvalue weighted by Crippen LogP contribution is -2.49. The van der Waals surface area contributed by atoms with Crippen molar-refractivity contribution >= 4 is 29.0 Å². The van der Waals surface area contributed by atoms with Gasteiger partial charge in [0.2, 0.25) is 0 Å². The second kappa shape index (κ2) is 9.19. The van der Waals surface area contributed by atoms with Crippen molar-refractivity contribution in [3.8, 4) is 0 Å². The number of nitrogens with one attached hydrogen (secondary N) is 1. The molecular formula is C21H28N4O2S. The Morgan fingerprint density at radius 1 is 1.18 bits per heavy atom. The monoisotopic (exact) mass is 400 g/mol. The Balaban J connectivity index is 1.52. The number of aromatic nitrogens is 1. The van der Waals surface area contributed by atoms with Gasteiger partial charge in [0.15, 0.2) is 0 Å². The van der Waals surface area contributed by atoms with Gasteiger partial charge in [0, 0.05) is 38.9 Å². The summed E-state index contributed by atoms with van der Waals surface area (Å²) < 4.78 is 0. The maximum Gasteiger partial charge on any atom is 0.264 e. The molecule has 7 heteroatoms. The van der Waals surface area contributed by atoms with Crippen LogP contribution in [-0.2, 0) is 0 Å². The van der Waals surface area contributed by atoms with Crippen molar-refractivity contribution in [1.82, 2.24) is 15.2 Å². The Hall–Kier alpha value is -2.41. The SMILES string of the molecule is Cc1ccsc1C(=O)N1CCN(c2ccc(C(=O)NCCC(C)C)cn2)CC1. The van der Waals surface area contributed by atoms with Crippen LogP contribution in [0.4, 0.5) is 5.82 Å². The molecule has 3 rings (SSSR count). The minimum absolute atomic E-state index is 0.0820. The van der Waals surface area contributed by atoms with Crippen molar-refractivity contribution in [3.05, 3.63) is 45.8 Å². The summed E-state index contributed by atoms with van der Waals surface area (Å²) in [7, 11) is 0. The van der Waals surface area contributed by atoms with Crippen molar-refractivity contribution in [3.63, 3.8) is 0 Å². The zero-order chi connectivity index (χ0) is 20.1. The summed E-state index contributed by atoms with van der Waals surface area (Å²) in [6, 6.07) is 5.69. The first-order valence-corrected chi connectivity index (χ1v) is 10.7. The van der Waals surface area contributed by atoms with E-state index in [1.54, 1.807) is 6.20 Å². The number of nitrogens with zero attached hydrogens (tertiary/aromatic N) is 3. The zero-order valence-corrected chi connectivity index (χ0v) is 17.6. The van der Waals surface area contributed by atoms with E-state index in [0.717, 1.165) is 35.8 Å². The summed E-state index contributed by atoms with van der Waals surface area (Å²) >= 11 is 1.50. The molecule has 2 aromatic heterocycles. The molecule has 2 aromatic rings. The summed E-state index contributed by atoms with van der Waals surface area (Å²) in [5.41, 5.74) is 1.62. The average Bonchev–Trinajstić information content (AvgIpc) is 3.13. The third-order valence-corrected chi connectivity index (χ3v) is 5.97. The molecule has 1 aliphatic rings. The van der Waals surface area contributed by atoms with Crippen molar-refractivity contribution in [2.24, 2.45) is 5.92 Å². The van der Waals surface area contributed by atoms with E-state index in [2.05, 4.69) is 29.0 Å². The lowest BCUT2D eigenvalue weighted by atomic mass is 10.1. The fourth-order valence-electron chi connectivity index (χ4n) is 3.16. The minimum Gasteiger partial charge on any atom is -0.353 e. The van der Waals surface area contributed by atoms with Gasteiger partial charge in [-0.2, -0.15) is 0 Å². The van der Waals surface area contributed by atoms with E-state index in [1.165, 1.54) is 11.3 Å². The minimum atomic E-state index is -0.0820. The summed E-state index contributed by atoms with van der Waals surface area (Å²) in [4.78, 5) is 34.2. The standard InChI is InChI=1S/C21H28N4O2S/c1-15(2)6-8-22-20(26)17-4-5-18(23-14-17)24-9-11-25(12-10-24)21(27)19-16(3)7-13-28-19/h4-5,7,13-15H,6,8-12H2,1-3H3,(H,22,26). The van der Waals surface area contributed by atoms with E-state index in [1.807, 2.05) is 35.4 Å². The van der Waals surface area contributed by atoms with E-state index in [0.29, 0.717) is 31.1 Å². The second-order valence-electron chi connectivity index (χ2n) is 7.56. The van der Waals surface area contributed by atoms with Gasteiger partial charge < -0.3 is 15.1 Å². The molecule has 6 nitrogen and oxygen atoms in total. The van der Waals surface area contributed by atoms with Crippen molar-refractivity contribution in [2.75, 3.05) is 37.6 Å². The highest BCUT2D eigenvalue weighted by Crippen LogP contribution is 2.20. The van der Waals surface area contributed by atoms with Crippen LogP contribution in [0.15, 0.2) is 29.8 Å². The van der Waals surface area contributed by atoms with Gasteiger partial charge in [-0.1, -0.05) is 13.8 Å². The highest BCUT2D eigenvalue weighted by molar-refractivity contribution is 7.12. The molecule has 0 saturated carbocycles. The van der Waals surface area contributed by atoms with Crippen LogP contribution in [0.5, 0.6) is 0 Å². The third kappa shape index (κ3) is 4.90. The molecule has 0 radical (unpaired) electrons. The molecule has 1 saturated heterocycles. The molecular weight excluding hydrogens is 372 g/mol. The second-order valence-corrected chi connectivity index (χ2v) is 8.47. The molecule has 0 unspecified atom stereocenters. The van der Waals surface area contributed by atoms with E-state index >= 15 is 0 Å². The van der Waals surface area contributed by atoms with Gasteiger partial charge in [0.05, 0.1) is 10.4 Å². The molecule has 28 heavy (non-hydrogen) atoms. The topological polar surface area (TPSA) is 65.5 Å². The highest BCUT2D eigenvalue weighted by atomic mass is 32.1. The van der Waals surface area contributed by atoms with Crippen LogP contribution in [0, 0.1) is 12.8 Å². The number of thiophene rings is 1. The number of aryl methyl sites for hydroxylation is 1. The van der Waals surface area contributed by atoms with Crippen LogP contribution in [0.2, 0.25) is 0 Å². The molecule has 2 amide bonds. The molecule has 0 aliphatic carbocycles. The van der Waals surface area contributed by atoms with Crippen LogP contribution in [0.1, 0.15) is 45.9 Å². The Kier molecular flexibility index (Phi) is 6.67. The van der Waals surface area contributed by atoms with Crippen molar-refractivity contribution in [1.29, 1.82) is 0 Å². The Bertz CT molecular complexity index is 808. The van der Waals surface area contributed by atoms with E-state index in [9.17, 15) is 9.59 Å². The number of rotatable bonds is 6. The van der Waals surface area contributed by atoms with Crippen LogP contribution >= 0.6 is 11.3 Å². The van der Waals surface area contributed by atoms with Gasteiger partial charge in [-0.05, 0) is 48.4 Å².